The second-order valence-electron chi connectivity index (χ2n) is 5.38. The number of carbonyl (C=O) groups excluding carboxylic acids is 1. The number of fused-ring (bicyclic) bond motifs is 1. The maximum Gasteiger partial charge on any atom is 0.237 e. The minimum Gasteiger partial charge on any atom is -0.354 e. The van der Waals surface area contributed by atoms with Crippen molar-refractivity contribution in [2.24, 2.45) is 5.92 Å². The molecule has 3 nitrogen and oxygen atoms in total. The molecule has 1 aromatic carbocycles. The van der Waals surface area contributed by atoms with Gasteiger partial charge in [0.1, 0.15) is 0 Å². The molecule has 2 aliphatic rings. The Labute approximate surface area is 118 Å². The summed E-state index contributed by atoms with van der Waals surface area (Å²) in [5, 5.41) is 6.44. The van der Waals surface area contributed by atoms with Gasteiger partial charge >= 0.3 is 0 Å². The van der Waals surface area contributed by atoms with Crippen LogP contribution in [0.1, 0.15) is 17.5 Å². The molecule has 0 bridgehead atoms. The van der Waals surface area contributed by atoms with Crippen LogP contribution in [-0.4, -0.2) is 30.0 Å². The van der Waals surface area contributed by atoms with Crippen LogP contribution in [0.5, 0.6) is 0 Å². The molecule has 1 saturated heterocycles. The summed E-state index contributed by atoms with van der Waals surface area (Å²) in [5.41, 5.74) is 2.62. The molecule has 0 aliphatic carbocycles. The molecule has 19 heavy (non-hydrogen) atoms. The molecule has 1 amide bonds. The largest absolute Gasteiger partial charge is 0.354 e. The number of hydrogen-bond donors (Lipinski definition) is 2. The van der Waals surface area contributed by atoms with Crippen LogP contribution in [0.4, 0.5) is 0 Å². The van der Waals surface area contributed by atoms with Crippen molar-refractivity contribution in [1.82, 2.24) is 10.6 Å². The molecule has 3 rings (SSSR count). The second-order valence-corrected chi connectivity index (χ2v) is 6.53. The first-order valence-electron chi connectivity index (χ1n) is 6.98. The van der Waals surface area contributed by atoms with Crippen molar-refractivity contribution in [2.45, 2.75) is 25.4 Å². The molecule has 0 spiro atoms. The van der Waals surface area contributed by atoms with Crippen LogP contribution in [0.25, 0.3) is 0 Å². The van der Waals surface area contributed by atoms with Gasteiger partial charge in [0.2, 0.25) is 5.91 Å². The van der Waals surface area contributed by atoms with Crippen molar-refractivity contribution in [1.29, 1.82) is 0 Å². The Morgan fingerprint density at radius 2 is 2.21 bits per heavy atom. The average molecular weight is 276 g/mol. The number of thioether (sulfide) groups is 1. The fourth-order valence-corrected chi connectivity index (χ4v) is 4.04. The molecule has 102 valence electrons. The summed E-state index contributed by atoms with van der Waals surface area (Å²) in [4.78, 5) is 12.2. The molecule has 2 atom stereocenters. The second kappa shape index (κ2) is 5.97. The summed E-state index contributed by atoms with van der Waals surface area (Å²) in [5.74, 6) is 3.27. The van der Waals surface area contributed by atoms with Gasteiger partial charge in [0.25, 0.3) is 0 Å². The van der Waals surface area contributed by atoms with Crippen molar-refractivity contribution < 1.29 is 4.79 Å². The maximum atomic E-state index is 12.2. The van der Waals surface area contributed by atoms with E-state index in [9.17, 15) is 4.79 Å². The van der Waals surface area contributed by atoms with Crippen LogP contribution < -0.4 is 10.6 Å². The normalized spacial score (nSPS) is 25.9. The van der Waals surface area contributed by atoms with E-state index < -0.39 is 0 Å². The fraction of sp³-hybridized carbons (Fsp3) is 0.533. The van der Waals surface area contributed by atoms with Crippen LogP contribution in [-0.2, 0) is 17.8 Å². The van der Waals surface area contributed by atoms with Gasteiger partial charge < -0.3 is 10.6 Å². The topological polar surface area (TPSA) is 41.1 Å². The number of amides is 1. The number of benzene rings is 1. The van der Waals surface area contributed by atoms with Crippen LogP contribution in [0.3, 0.4) is 0 Å². The molecule has 0 saturated carbocycles. The molecule has 0 radical (unpaired) electrons. The molecule has 1 unspecified atom stereocenters. The molecular weight excluding hydrogens is 256 g/mol. The van der Waals surface area contributed by atoms with E-state index in [1.165, 1.54) is 29.1 Å². The van der Waals surface area contributed by atoms with Crippen molar-refractivity contribution in [3.05, 3.63) is 35.4 Å². The highest BCUT2D eigenvalue weighted by Crippen LogP contribution is 2.22. The van der Waals surface area contributed by atoms with E-state index in [2.05, 4.69) is 34.9 Å². The SMILES string of the molecule is O=C(NCC1CCSC1)[C@H]1Cc2ccccc2CN1. The van der Waals surface area contributed by atoms with Crippen LogP contribution in [0, 0.1) is 5.92 Å². The van der Waals surface area contributed by atoms with Gasteiger partial charge in [0.15, 0.2) is 0 Å². The Bertz CT molecular complexity index is 457. The smallest absolute Gasteiger partial charge is 0.237 e. The molecule has 2 heterocycles. The zero-order chi connectivity index (χ0) is 13.1. The third-order valence-electron chi connectivity index (χ3n) is 3.99. The lowest BCUT2D eigenvalue weighted by Gasteiger charge is -2.25. The molecular formula is C15H20N2OS. The van der Waals surface area contributed by atoms with E-state index in [0.29, 0.717) is 5.92 Å². The van der Waals surface area contributed by atoms with Gasteiger partial charge in [-0.1, -0.05) is 24.3 Å². The number of rotatable bonds is 3. The highest BCUT2D eigenvalue weighted by atomic mass is 32.2. The highest BCUT2D eigenvalue weighted by Gasteiger charge is 2.24. The predicted molar refractivity (Wildman–Crippen MR) is 79.2 cm³/mol. The molecule has 4 heteroatoms. The Morgan fingerprint density at radius 3 is 3.00 bits per heavy atom. The van der Waals surface area contributed by atoms with Gasteiger partial charge in [0.05, 0.1) is 6.04 Å². The number of carbonyl (C=O) groups is 1. The van der Waals surface area contributed by atoms with E-state index >= 15 is 0 Å². The average Bonchev–Trinajstić information content (AvgIpc) is 2.97. The Hall–Kier alpha value is -1.00. The van der Waals surface area contributed by atoms with E-state index in [4.69, 9.17) is 0 Å². The van der Waals surface area contributed by atoms with Crippen molar-refractivity contribution in [3.63, 3.8) is 0 Å². The summed E-state index contributed by atoms with van der Waals surface area (Å²) >= 11 is 1.99. The minimum absolute atomic E-state index is 0.0658. The van der Waals surface area contributed by atoms with Crippen molar-refractivity contribution in [2.75, 3.05) is 18.1 Å². The minimum atomic E-state index is -0.0658. The number of nitrogens with one attached hydrogen (secondary N) is 2. The molecule has 2 aliphatic heterocycles. The lowest BCUT2D eigenvalue weighted by atomic mass is 9.95. The van der Waals surface area contributed by atoms with Crippen LogP contribution >= 0.6 is 11.8 Å². The predicted octanol–water partition coefficient (Wildman–Crippen LogP) is 1.57. The van der Waals surface area contributed by atoms with E-state index in [0.717, 1.165) is 19.5 Å². The quantitative estimate of drug-likeness (QED) is 0.880. The van der Waals surface area contributed by atoms with Crippen LogP contribution in [0.2, 0.25) is 0 Å². The molecule has 1 fully saturated rings. The van der Waals surface area contributed by atoms with Crippen LogP contribution in [0.15, 0.2) is 24.3 Å². The van der Waals surface area contributed by atoms with E-state index in [1.807, 2.05) is 11.8 Å². The van der Waals surface area contributed by atoms with Gasteiger partial charge in [-0.25, -0.2) is 0 Å². The first kappa shape index (κ1) is 13.0. The highest BCUT2D eigenvalue weighted by molar-refractivity contribution is 7.99. The number of hydrogen-bond acceptors (Lipinski definition) is 3. The summed E-state index contributed by atoms with van der Waals surface area (Å²) in [7, 11) is 0. The summed E-state index contributed by atoms with van der Waals surface area (Å²) in [6.07, 6.45) is 2.05. The van der Waals surface area contributed by atoms with Crippen molar-refractivity contribution >= 4 is 17.7 Å². The van der Waals surface area contributed by atoms with Gasteiger partial charge in [-0.2, -0.15) is 11.8 Å². The standard InChI is InChI=1S/C15H20N2OS/c18-15(17-8-11-5-6-19-10-11)14-7-12-3-1-2-4-13(12)9-16-14/h1-4,11,14,16H,5-10H2,(H,17,18)/t11?,14-/m1/s1. The zero-order valence-electron chi connectivity index (χ0n) is 11.0. The third-order valence-corrected chi connectivity index (χ3v) is 5.22. The zero-order valence-corrected chi connectivity index (χ0v) is 11.8. The van der Waals surface area contributed by atoms with Gasteiger partial charge in [0, 0.05) is 13.1 Å². The van der Waals surface area contributed by atoms with Crippen molar-refractivity contribution in [3.8, 4) is 0 Å². The lowest BCUT2D eigenvalue weighted by Crippen LogP contribution is -2.48. The lowest BCUT2D eigenvalue weighted by molar-refractivity contribution is -0.123. The fourth-order valence-electron chi connectivity index (χ4n) is 2.75. The maximum absolute atomic E-state index is 12.2. The Morgan fingerprint density at radius 1 is 1.37 bits per heavy atom. The van der Waals surface area contributed by atoms with Gasteiger partial charge in [-0.15, -0.1) is 0 Å². The van der Waals surface area contributed by atoms with E-state index in [-0.39, 0.29) is 11.9 Å². The summed E-state index contributed by atoms with van der Waals surface area (Å²) < 4.78 is 0. The Kier molecular flexibility index (Phi) is 4.09. The Balaban J connectivity index is 1.54. The molecule has 2 N–H and O–H groups in total. The van der Waals surface area contributed by atoms with Gasteiger partial charge in [-0.3, -0.25) is 4.79 Å². The van der Waals surface area contributed by atoms with Gasteiger partial charge in [-0.05, 0) is 41.4 Å². The molecule has 0 aromatic heterocycles. The molecule has 1 aromatic rings. The van der Waals surface area contributed by atoms with E-state index in [1.54, 1.807) is 0 Å². The monoisotopic (exact) mass is 276 g/mol. The first-order valence-corrected chi connectivity index (χ1v) is 8.14. The summed E-state index contributed by atoms with van der Waals surface area (Å²) in [6.45, 7) is 1.64. The third kappa shape index (κ3) is 3.12. The summed E-state index contributed by atoms with van der Waals surface area (Å²) in [6, 6.07) is 8.30. The first-order chi connectivity index (χ1) is 9.33.